The minimum absolute atomic E-state index is 0.835. The molecule has 31 atom stereocenters. The summed E-state index contributed by atoms with van der Waals surface area (Å²) in [7, 11) is 1.18. The Morgan fingerprint density at radius 1 is 0.479 bits per heavy atom. The summed E-state index contributed by atoms with van der Waals surface area (Å²) in [6.07, 6.45) is -47.8. The fraction of sp³-hybridized carbons (Fsp3) is 0.976. The molecule has 71 heavy (non-hydrogen) atoms. The molecule has 18 N–H and O–H groups in total. The van der Waals surface area contributed by atoms with Gasteiger partial charge in [-0.15, -0.1) is 0 Å². The highest BCUT2D eigenvalue weighted by Crippen LogP contribution is 2.38. The topological polar surface area (TPSA) is 469 Å². The van der Waals surface area contributed by atoms with Crippen molar-refractivity contribution in [2.75, 3.05) is 33.5 Å². The van der Waals surface area contributed by atoms with E-state index in [-0.39, 0.29) is 0 Å². The maximum Gasteiger partial charge on any atom is 0.234 e. The second-order valence-electron chi connectivity index (χ2n) is 18.7. The van der Waals surface area contributed by atoms with E-state index in [2.05, 4.69) is 5.32 Å². The predicted molar refractivity (Wildman–Crippen MR) is 224 cm³/mol. The molecule has 0 bridgehead atoms. The van der Waals surface area contributed by atoms with Crippen molar-refractivity contribution in [1.82, 2.24) is 5.32 Å². The maximum absolute atomic E-state index is 12.5. The Morgan fingerprint density at radius 3 is 1.48 bits per heavy atom. The van der Waals surface area contributed by atoms with Gasteiger partial charge in [-0.25, -0.2) is 0 Å². The average Bonchev–Trinajstić information content (AvgIpc) is 3.34. The number of hydrogen-bond acceptors (Lipinski definition) is 29. The Hall–Kier alpha value is -1.65. The van der Waals surface area contributed by atoms with Gasteiger partial charge in [0.25, 0.3) is 0 Å². The highest BCUT2D eigenvalue weighted by molar-refractivity contribution is 5.79. The van der Waals surface area contributed by atoms with Gasteiger partial charge in [-0.3, -0.25) is 10.1 Å². The van der Waals surface area contributed by atoms with E-state index in [1.807, 2.05) is 0 Å². The Balaban J connectivity index is 1.35. The molecule has 6 aliphatic rings. The third kappa shape index (κ3) is 12.5. The van der Waals surface area contributed by atoms with Crippen molar-refractivity contribution in [2.24, 2.45) is 11.7 Å². The first-order chi connectivity index (χ1) is 33.5. The van der Waals surface area contributed by atoms with E-state index in [1.165, 1.54) is 34.8 Å². The van der Waals surface area contributed by atoms with Crippen LogP contribution in [0.4, 0.5) is 0 Å². The molecule has 30 heteroatoms. The summed E-state index contributed by atoms with van der Waals surface area (Å²) in [4.78, 5) is 12.5. The molecule has 1 amide bonds. The molecular weight excluding hydrogens is 968 g/mol. The lowest BCUT2D eigenvalue weighted by molar-refractivity contribution is -0.393. The van der Waals surface area contributed by atoms with Crippen molar-refractivity contribution in [3.8, 4) is 0 Å². The summed E-state index contributed by atoms with van der Waals surface area (Å²) >= 11 is 0. The zero-order valence-corrected chi connectivity index (χ0v) is 39.3. The monoisotopic (exact) mass is 1040 g/mol. The minimum atomic E-state index is -2.19. The second kappa shape index (κ2) is 25.0. The van der Waals surface area contributed by atoms with Gasteiger partial charge in [0.15, 0.2) is 37.7 Å². The van der Waals surface area contributed by atoms with Gasteiger partial charge in [0.05, 0.1) is 56.8 Å². The lowest BCUT2D eigenvalue weighted by atomic mass is 9.92. The molecule has 414 valence electrons. The summed E-state index contributed by atoms with van der Waals surface area (Å²) in [5.41, 5.74) is 5.60. The number of ether oxygens (including phenoxy) is 12. The summed E-state index contributed by atoms with van der Waals surface area (Å²) in [6, 6.07) is -2.67. The average molecular weight is 1040 g/mol. The van der Waals surface area contributed by atoms with Crippen molar-refractivity contribution < 1.29 is 138 Å². The quantitative estimate of drug-likeness (QED) is 0.0606. The zero-order valence-electron chi connectivity index (χ0n) is 39.3. The number of aliphatic hydroxyl groups is 15. The molecule has 0 aliphatic carbocycles. The van der Waals surface area contributed by atoms with E-state index in [0.29, 0.717) is 0 Å². The van der Waals surface area contributed by atoms with Crippen molar-refractivity contribution in [3.05, 3.63) is 0 Å². The standard InChI is InChI=1S/C41H72N2O28/c1-10-19(47)20(48)12(3)62-36(10)70-33-21(49)13(4)63-40(29(33)57)71-34-24(52)17(9-61-38-27(55)25(53)22(50)14(6-44)64-38)67-41(30(34)58)69-32-18(43-11(2)35(42)59)37(60-5)66-16(8-46)31(32)68-39-28(56)26(54)23(51)15(7-45)65-39/h10-34,36-41,43-58H,6-9H2,1-5H3,(H2,42,59)/t10?,11?,12?,13?,14?,15?,16?,17?,18?,19-,20+,21+,22-,23-,24-,25+,26+,27?,28?,29?,30?,31+,32-,33+,34+,36+,37+,38+,39-,40+,41+/m1/s1. The lowest BCUT2D eigenvalue weighted by Gasteiger charge is -2.51. The number of rotatable bonds is 18. The molecule has 0 radical (unpaired) electrons. The molecular formula is C41H72N2O28. The summed E-state index contributed by atoms with van der Waals surface area (Å²) in [5.74, 6) is -1.81. The van der Waals surface area contributed by atoms with Crippen LogP contribution in [0.2, 0.25) is 0 Å². The third-order valence-corrected chi connectivity index (χ3v) is 13.8. The van der Waals surface area contributed by atoms with E-state index < -0.39 is 222 Å². The Kier molecular flexibility index (Phi) is 20.6. The summed E-state index contributed by atoms with van der Waals surface area (Å²) in [6.45, 7) is 2.22. The molecule has 0 aromatic carbocycles. The van der Waals surface area contributed by atoms with Crippen LogP contribution in [0.3, 0.4) is 0 Å². The van der Waals surface area contributed by atoms with Crippen LogP contribution in [-0.4, -0.2) is 300 Å². The van der Waals surface area contributed by atoms with Crippen LogP contribution in [0.5, 0.6) is 0 Å². The van der Waals surface area contributed by atoms with Crippen molar-refractivity contribution in [3.63, 3.8) is 0 Å². The van der Waals surface area contributed by atoms with E-state index in [4.69, 9.17) is 62.6 Å². The van der Waals surface area contributed by atoms with E-state index in [0.717, 1.165) is 0 Å². The fourth-order valence-electron chi connectivity index (χ4n) is 9.22. The molecule has 0 aromatic rings. The first-order valence-electron chi connectivity index (χ1n) is 23.2. The predicted octanol–water partition coefficient (Wildman–Crippen LogP) is -10.6. The van der Waals surface area contributed by atoms with Crippen molar-refractivity contribution in [2.45, 2.75) is 212 Å². The van der Waals surface area contributed by atoms with Gasteiger partial charge in [-0.2, -0.15) is 0 Å². The number of primary amides is 1. The van der Waals surface area contributed by atoms with Crippen LogP contribution in [0.15, 0.2) is 0 Å². The van der Waals surface area contributed by atoms with Gasteiger partial charge < -0.3 is 139 Å². The molecule has 6 aliphatic heterocycles. The smallest absolute Gasteiger partial charge is 0.234 e. The number of nitrogens with two attached hydrogens (primary N) is 1. The number of methoxy groups -OCH3 is 1. The zero-order chi connectivity index (χ0) is 52.5. The molecule has 6 heterocycles. The van der Waals surface area contributed by atoms with E-state index in [9.17, 15) is 81.4 Å². The Labute approximate surface area is 406 Å². The number of hydrogen-bond donors (Lipinski definition) is 17. The highest BCUT2D eigenvalue weighted by Gasteiger charge is 2.58. The molecule has 0 aromatic heterocycles. The first kappa shape index (κ1) is 58.6. The number of nitrogens with one attached hydrogen (secondary N) is 1. The maximum atomic E-state index is 12.5. The molecule has 30 nitrogen and oxygen atoms in total. The molecule has 0 saturated carbocycles. The van der Waals surface area contributed by atoms with E-state index >= 15 is 0 Å². The normalized spacial score (nSPS) is 51.4. The van der Waals surface area contributed by atoms with Crippen LogP contribution < -0.4 is 11.1 Å². The third-order valence-electron chi connectivity index (χ3n) is 13.8. The fourth-order valence-corrected chi connectivity index (χ4v) is 9.22. The van der Waals surface area contributed by atoms with Crippen LogP contribution >= 0.6 is 0 Å². The van der Waals surface area contributed by atoms with Gasteiger partial charge in [0.2, 0.25) is 5.91 Å². The minimum Gasteiger partial charge on any atom is -0.394 e. The van der Waals surface area contributed by atoms with Crippen LogP contribution in [-0.2, 0) is 61.6 Å². The van der Waals surface area contributed by atoms with Gasteiger partial charge in [-0.1, -0.05) is 6.92 Å². The molecule has 6 rings (SSSR count). The van der Waals surface area contributed by atoms with Crippen molar-refractivity contribution >= 4 is 5.91 Å². The van der Waals surface area contributed by atoms with Gasteiger partial charge in [0, 0.05) is 13.0 Å². The molecule has 13 unspecified atom stereocenters. The van der Waals surface area contributed by atoms with E-state index in [1.54, 1.807) is 0 Å². The van der Waals surface area contributed by atoms with Crippen LogP contribution in [0, 0.1) is 5.92 Å². The lowest BCUT2D eigenvalue weighted by Crippen LogP contribution is -2.71. The van der Waals surface area contributed by atoms with Crippen molar-refractivity contribution in [1.29, 1.82) is 0 Å². The van der Waals surface area contributed by atoms with Crippen LogP contribution in [0.1, 0.15) is 27.7 Å². The second-order valence-corrected chi connectivity index (χ2v) is 18.7. The number of carbonyl (C=O) groups is 1. The van der Waals surface area contributed by atoms with Gasteiger partial charge >= 0.3 is 0 Å². The summed E-state index contributed by atoms with van der Waals surface area (Å²) < 4.78 is 70.6. The van der Waals surface area contributed by atoms with Gasteiger partial charge in [-0.05, 0) is 20.8 Å². The van der Waals surface area contributed by atoms with Crippen LogP contribution in [0.25, 0.3) is 0 Å². The Bertz CT molecular complexity index is 1660. The largest absolute Gasteiger partial charge is 0.394 e. The van der Waals surface area contributed by atoms with Gasteiger partial charge in [0.1, 0.15) is 116 Å². The molecule has 0 spiro atoms. The SMILES string of the molecule is CO[C@H]1OC(CO)[C@H](O[C@H]2OC(CO)[C@@H](O)[C@H](O)C2O)[C@H](O[C@@H]2OC(CO[C@H]3OC(CO)[C@@H](O)[C@H](O)C3O)[C@@H](O)[C@H](O[C@@H]3OC(C)[C@H](O)[C@H](O[C@@H]4OC(C)[C@H](O)[C@H](O)C4C)C3O)C2O)C1NC(C)C(N)=O. The Morgan fingerprint density at radius 2 is 0.915 bits per heavy atom. The number of aliphatic hydroxyl groups excluding tert-OH is 15. The summed E-state index contributed by atoms with van der Waals surface area (Å²) in [5, 5.41) is 165. The highest BCUT2D eigenvalue weighted by atomic mass is 16.8. The number of amides is 1. The molecule has 6 saturated heterocycles. The first-order valence-corrected chi connectivity index (χ1v) is 23.2. The molecule has 6 fully saturated rings. The number of carbonyl (C=O) groups excluding carboxylic acids is 1.